The van der Waals surface area contributed by atoms with E-state index < -0.39 is 76.3 Å². The van der Waals surface area contributed by atoms with Crippen LogP contribution in [0.25, 0.3) is 0 Å². The summed E-state index contributed by atoms with van der Waals surface area (Å²) in [5.41, 5.74) is 0. The Morgan fingerprint density at radius 1 is 0.241 bits per heavy atom. The van der Waals surface area contributed by atoms with Crippen molar-refractivity contribution in [3.63, 3.8) is 0 Å². The van der Waals surface area contributed by atoms with Gasteiger partial charge < -0.3 is 54.3 Å². The minimum absolute atomic E-state index is 0. The number of rotatable bonds is 12. The number of hydrogen-bond donors (Lipinski definition) is 0. The molecule has 0 bridgehead atoms. The second kappa shape index (κ2) is 42.8. The first-order chi connectivity index (χ1) is 24.7. The van der Waals surface area contributed by atoms with Crippen LogP contribution in [0.5, 0.6) is 0 Å². The molecule has 0 aromatic carbocycles. The number of hydrogen-bond acceptors (Lipinski definition) is 30. The Morgan fingerprint density at radius 2 is 0.276 bits per heavy atom. The van der Waals surface area contributed by atoms with Crippen molar-refractivity contribution in [2.24, 2.45) is 0 Å². The molecular weight excluding hydrogens is 1020 g/mol. The summed E-state index contributed by atoms with van der Waals surface area (Å²) in [5.74, 6) is 0. The van der Waals surface area contributed by atoms with Crippen molar-refractivity contribution in [3.8, 4) is 0 Å². The third kappa shape index (κ3) is 131. The van der Waals surface area contributed by atoms with Gasteiger partial charge in [0.25, 0.3) is 0 Å². The van der Waals surface area contributed by atoms with Crippen molar-refractivity contribution in [3.05, 3.63) is 0 Å². The SMILES string of the molecule is COP(C)(=O)OC.COP(C)(=O)OC.COP(C)(=O)OC.COP(C)(=O)OC.COP(C)(=O)OC.COP(C)(=O)OC.[Al+3].[O-][Cl+3]([O-])([O-])[O-].[O-][Cl+3]([O-])([O-])[O-].[O-][Cl+3]([O-])([O-])[O-]. The summed E-state index contributed by atoms with van der Waals surface area (Å²) in [6.45, 7) is 8.46. The Labute approximate surface area is 355 Å². The molecule has 0 heterocycles. The van der Waals surface area contributed by atoms with E-state index >= 15 is 0 Å². The molecule has 0 fully saturated rings. The fourth-order valence-electron chi connectivity index (χ4n) is 0.447. The largest absolute Gasteiger partial charge is 3.00 e. The first kappa shape index (κ1) is 83.4. The molecule has 0 aromatic heterocycles. The van der Waals surface area contributed by atoms with Gasteiger partial charge >= 0.3 is 62.9 Å². The van der Waals surface area contributed by atoms with Gasteiger partial charge in [-0.15, -0.1) is 30.7 Å². The molecule has 0 unspecified atom stereocenters. The van der Waals surface area contributed by atoms with Crippen LogP contribution >= 0.6 is 45.6 Å². The van der Waals surface area contributed by atoms with Crippen molar-refractivity contribution in [1.29, 1.82) is 0 Å². The van der Waals surface area contributed by atoms with Crippen LogP contribution in [0, 0.1) is 30.7 Å². The summed E-state index contributed by atoms with van der Waals surface area (Å²) in [6.07, 6.45) is 0. The number of halogens is 3. The van der Waals surface area contributed by atoms with Crippen LogP contribution < -0.4 is 55.9 Å². The summed E-state index contributed by atoms with van der Waals surface area (Å²) < 4.78 is 218. The zero-order valence-corrected chi connectivity index (χ0v) is 43.4. The normalized spacial score (nSPS) is 11.7. The van der Waals surface area contributed by atoms with Crippen molar-refractivity contribution >= 4 is 62.9 Å². The average molecular weight is 1070 g/mol. The molecule has 0 radical (unpaired) electrons. The maximum absolute atomic E-state index is 10.5. The zero-order chi connectivity index (χ0) is 49.0. The molecule has 40 heteroatoms. The van der Waals surface area contributed by atoms with E-state index in [-0.39, 0.29) is 17.4 Å². The van der Waals surface area contributed by atoms with Gasteiger partial charge in [0.1, 0.15) is 0 Å². The Bertz CT molecular complexity index is 921. The Kier molecular flexibility index (Phi) is 61.5. The summed E-state index contributed by atoms with van der Waals surface area (Å²) in [7, 11) is -14.5. The summed E-state index contributed by atoms with van der Waals surface area (Å²) in [6, 6.07) is 0. The summed E-state index contributed by atoms with van der Waals surface area (Å²) in [5, 5.41) is 0. The van der Waals surface area contributed by atoms with Crippen molar-refractivity contribution in [1.82, 2.24) is 0 Å². The molecule has 0 atom stereocenters. The van der Waals surface area contributed by atoms with Crippen LogP contribution in [0.4, 0.5) is 0 Å². The van der Waals surface area contributed by atoms with E-state index in [1.807, 2.05) is 0 Å². The molecule has 360 valence electrons. The predicted octanol–water partition coefficient (Wildman–Crippen LogP) is -8.04. The topological polar surface area (TPSA) is 490 Å². The molecule has 0 N–H and O–H groups in total. The molecule has 0 rings (SSSR count). The van der Waals surface area contributed by atoms with E-state index in [1.165, 1.54) is 125 Å². The molecule has 0 aromatic rings. The second-order valence-electron chi connectivity index (χ2n) is 7.95. The van der Waals surface area contributed by atoms with Gasteiger partial charge in [0.15, 0.2) is 0 Å². The van der Waals surface area contributed by atoms with Crippen LogP contribution in [0.2, 0.25) is 0 Å². The van der Waals surface area contributed by atoms with Crippen LogP contribution in [-0.4, -0.2) is 143 Å². The fourth-order valence-corrected chi connectivity index (χ4v) is 1.34. The molecule has 0 aliphatic carbocycles. The quantitative estimate of drug-likeness (QED) is 0.129. The third-order valence-corrected chi connectivity index (χ3v) is 11.9. The molecule has 0 amide bonds. The molecule has 0 saturated carbocycles. The van der Waals surface area contributed by atoms with Crippen LogP contribution in [0.1, 0.15) is 0 Å². The van der Waals surface area contributed by atoms with E-state index in [0.717, 1.165) is 0 Å². The first-order valence-corrected chi connectivity index (χ1v) is 28.4. The minimum atomic E-state index is -4.94. The molecule has 0 aliphatic rings. The summed E-state index contributed by atoms with van der Waals surface area (Å²) >= 11 is 0. The fraction of sp³-hybridized carbons (Fsp3) is 1.00. The standard InChI is InChI=1S/6C3H9O3P.Al.3ClHO4/c6*1-5-7(3,4)6-2;;3*2-1(3,4)5/h6*1-3H3;;3*(H,2,3,4,5)/q;;;;;;+3;;;/p-3. The monoisotopic (exact) mass is 1070 g/mol. The van der Waals surface area contributed by atoms with Gasteiger partial charge in [0, 0.05) is 125 Å². The van der Waals surface area contributed by atoms with Crippen LogP contribution in [0.3, 0.4) is 0 Å². The third-order valence-electron chi connectivity index (χ3n) is 3.98. The van der Waals surface area contributed by atoms with Crippen molar-refractivity contribution < 1.29 is 168 Å². The van der Waals surface area contributed by atoms with E-state index in [9.17, 15) is 27.4 Å². The van der Waals surface area contributed by atoms with E-state index in [2.05, 4.69) is 54.3 Å². The van der Waals surface area contributed by atoms with Gasteiger partial charge in [-0.2, -0.15) is 0 Å². The van der Waals surface area contributed by atoms with E-state index in [0.29, 0.717) is 0 Å². The maximum atomic E-state index is 10.5. The van der Waals surface area contributed by atoms with Gasteiger partial charge in [0.2, 0.25) is 0 Å². The minimum Gasteiger partial charge on any atom is -0.312 e. The van der Waals surface area contributed by atoms with E-state index in [1.54, 1.807) is 0 Å². The van der Waals surface area contributed by atoms with Gasteiger partial charge in [-0.3, -0.25) is 27.4 Å². The van der Waals surface area contributed by atoms with Gasteiger partial charge in [-0.25, -0.2) is 55.9 Å². The smallest absolute Gasteiger partial charge is 0.312 e. The predicted molar refractivity (Wildman–Crippen MR) is 171 cm³/mol. The Morgan fingerprint density at radius 3 is 0.276 bits per heavy atom. The van der Waals surface area contributed by atoms with Crippen molar-refractivity contribution in [2.45, 2.75) is 0 Å². The Balaban J connectivity index is -0.0000000559. The van der Waals surface area contributed by atoms with Crippen molar-refractivity contribution in [2.75, 3.05) is 125 Å². The maximum Gasteiger partial charge on any atom is 3.00 e. The molecule has 0 saturated heterocycles. The first-order valence-electron chi connectivity index (χ1n) is 12.7. The van der Waals surface area contributed by atoms with Crippen LogP contribution in [0.15, 0.2) is 0 Å². The van der Waals surface area contributed by atoms with Crippen LogP contribution in [-0.2, 0) is 81.7 Å². The molecule has 0 aliphatic heterocycles. The molecule has 58 heavy (non-hydrogen) atoms. The summed E-state index contributed by atoms with van der Waals surface area (Å²) in [4.78, 5) is 0. The van der Waals surface area contributed by atoms with Gasteiger partial charge in [-0.05, 0) is 0 Å². The molecule has 30 nitrogen and oxygen atoms in total. The van der Waals surface area contributed by atoms with E-state index in [4.69, 9.17) is 55.9 Å². The van der Waals surface area contributed by atoms with Gasteiger partial charge in [0.05, 0.1) is 0 Å². The molecule has 0 spiro atoms. The Hall–Kier alpha value is 1.82. The molecular formula is C18H54AlCl3O30P6. The van der Waals surface area contributed by atoms with Gasteiger partial charge in [-0.1, -0.05) is 0 Å². The zero-order valence-electron chi connectivity index (χ0n) is 34.6. The second-order valence-corrected chi connectivity index (χ2v) is 23.9. The average Bonchev–Trinajstić information content (AvgIpc) is 3.07.